The summed E-state index contributed by atoms with van der Waals surface area (Å²) in [7, 11) is 0. The molecule has 1 aliphatic carbocycles. The van der Waals surface area contributed by atoms with Crippen molar-refractivity contribution in [1.82, 2.24) is 4.90 Å². The summed E-state index contributed by atoms with van der Waals surface area (Å²) in [6, 6.07) is 5.88. The van der Waals surface area contributed by atoms with Gasteiger partial charge in [0.1, 0.15) is 31.3 Å². The molecule has 3 aliphatic rings. The monoisotopic (exact) mass is 387 g/mol. The average molecular weight is 387 g/mol. The van der Waals surface area contributed by atoms with Crippen molar-refractivity contribution in [3.63, 3.8) is 0 Å². The highest BCUT2D eigenvalue weighted by atomic mass is 16.6. The smallest absolute Gasteiger partial charge is 0.292 e. The molecular weight excluding hydrogens is 358 g/mol. The lowest BCUT2D eigenvalue weighted by Gasteiger charge is -2.27. The molecule has 2 aliphatic heterocycles. The van der Waals surface area contributed by atoms with E-state index in [4.69, 9.17) is 14.2 Å². The van der Waals surface area contributed by atoms with Gasteiger partial charge in [0, 0.05) is 12.1 Å². The molecule has 6 heteroatoms. The van der Waals surface area contributed by atoms with E-state index in [1.807, 2.05) is 18.2 Å². The van der Waals surface area contributed by atoms with Gasteiger partial charge >= 0.3 is 0 Å². The molecule has 0 radical (unpaired) electrons. The van der Waals surface area contributed by atoms with Crippen LogP contribution in [0.2, 0.25) is 0 Å². The topological polar surface area (TPSA) is 68.2 Å². The Kier molecular flexibility index (Phi) is 5.76. The zero-order valence-electron chi connectivity index (χ0n) is 16.5. The lowest BCUT2D eigenvalue weighted by Crippen LogP contribution is -2.36. The number of hydrogen-bond donors (Lipinski definition) is 1. The second-order valence-corrected chi connectivity index (χ2v) is 7.87. The van der Waals surface area contributed by atoms with E-state index in [0.29, 0.717) is 44.6 Å². The van der Waals surface area contributed by atoms with Crippen molar-refractivity contribution in [3.8, 4) is 5.75 Å². The van der Waals surface area contributed by atoms with Crippen molar-refractivity contribution in [2.24, 2.45) is 5.92 Å². The number of aliphatic hydroxyl groups excluding tert-OH is 1. The van der Waals surface area contributed by atoms with Crippen LogP contribution in [0.15, 0.2) is 29.7 Å². The fraction of sp³-hybridized carbons (Fsp3) is 0.591. The normalized spacial score (nSPS) is 21.7. The molecule has 1 aromatic rings. The molecule has 1 atom stereocenters. The van der Waals surface area contributed by atoms with Crippen molar-refractivity contribution >= 4 is 5.91 Å². The summed E-state index contributed by atoms with van der Waals surface area (Å²) in [5.41, 5.74) is 1.84. The van der Waals surface area contributed by atoms with Crippen LogP contribution in [0.25, 0.3) is 0 Å². The number of allylic oxidation sites excluding steroid dienone is 1. The predicted octanol–water partition coefficient (Wildman–Crippen LogP) is 3.30. The highest BCUT2D eigenvalue weighted by Crippen LogP contribution is 2.36. The standard InChI is InChI=1S/C22H29NO5/c1-15-21(28-12-11-26-15)22(25)23-9-10-27-19-8-7-17(13-18(19)14-23)20(24)16-5-3-2-4-6-16/h7-8,13,16,20,24H,2-6,9-12,14H2,1H3. The SMILES string of the molecule is CC1=C(C(=O)N2CCOc3ccc(C(O)C4CCCCC4)cc3C2)OCCO1. The molecule has 1 amide bonds. The summed E-state index contributed by atoms with van der Waals surface area (Å²) in [4.78, 5) is 14.7. The van der Waals surface area contributed by atoms with Gasteiger partial charge < -0.3 is 24.2 Å². The van der Waals surface area contributed by atoms with Crippen LogP contribution in [0.5, 0.6) is 5.75 Å². The molecule has 1 fully saturated rings. The van der Waals surface area contributed by atoms with Gasteiger partial charge in [0.05, 0.1) is 12.6 Å². The zero-order chi connectivity index (χ0) is 19.5. The molecule has 1 unspecified atom stereocenters. The first-order valence-electron chi connectivity index (χ1n) is 10.3. The molecule has 6 nitrogen and oxygen atoms in total. The number of hydrogen-bond acceptors (Lipinski definition) is 5. The molecular formula is C22H29NO5. The Balaban J connectivity index is 1.54. The molecule has 0 bridgehead atoms. The fourth-order valence-electron chi connectivity index (χ4n) is 4.36. The van der Waals surface area contributed by atoms with Crippen molar-refractivity contribution in [2.45, 2.75) is 51.7 Å². The number of aliphatic hydroxyl groups is 1. The quantitative estimate of drug-likeness (QED) is 0.862. The number of carbonyl (C=O) groups excluding carboxylic acids is 1. The van der Waals surface area contributed by atoms with Crippen LogP contribution in [-0.4, -0.2) is 42.3 Å². The van der Waals surface area contributed by atoms with Crippen LogP contribution in [0.4, 0.5) is 0 Å². The lowest BCUT2D eigenvalue weighted by molar-refractivity contribution is -0.133. The van der Waals surface area contributed by atoms with Gasteiger partial charge in [-0.25, -0.2) is 0 Å². The molecule has 0 spiro atoms. The Labute approximate surface area is 166 Å². The van der Waals surface area contributed by atoms with Gasteiger partial charge in [-0.2, -0.15) is 0 Å². The van der Waals surface area contributed by atoms with Crippen molar-refractivity contribution in [1.29, 1.82) is 0 Å². The van der Waals surface area contributed by atoms with Gasteiger partial charge in [-0.15, -0.1) is 0 Å². The zero-order valence-corrected chi connectivity index (χ0v) is 16.5. The maximum Gasteiger partial charge on any atom is 0.292 e. The molecule has 0 aromatic heterocycles. The van der Waals surface area contributed by atoms with E-state index >= 15 is 0 Å². The highest BCUT2D eigenvalue weighted by molar-refractivity contribution is 5.92. The maximum atomic E-state index is 13.0. The molecule has 152 valence electrons. The summed E-state index contributed by atoms with van der Waals surface area (Å²) in [5.74, 6) is 1.74. The third-order valence-electron chi connectivity index (χ3n) is 5.95. The minimum atomic E-state index is -0.460. The van der Waals surface area contributed by atoms with Crippen LogP contribution in [0.3, 0.4) is 0 Å². The lowest BCUT2D eigenvalue weighted by atomic mass is 9.82. The van der Waals surface area contributed by atoms with Gasteiger partial charge in [-0.05, 0) is 43.4 Å². The van der Waals surface area contributed by atoms with Gasteiger partial charge in [0.2, 0.25) is 5.76 Å². The Morgan fingerprint density at radius 3 is 2.68 bits per heavy atom. The number of fused-ring (bicyclic) bond motifs is 1. The average Bonchev–Trinajstić information content (AvgIpc) is 2.95. The molecule has 1 N–H and O–H groups in total. The first kappa shape index (κ1) is 19.1. The summed E-state index contributed by atoms with van der Waals surface area (Å²) in [6.07, 6.45) is 5.33. The summed E-state index contributed by atoms with van der Waals surface area (Å²) >= 11 is 0. The molecule has 4 rings (SSSR count). The van der Waals surface area contributed by atoms with Crippen LogP contribution in [-0.2, 0) is 20.8 Å². The van der Waals surface area contributed by atoms with Gasteiger partial charge in [0.15, 0.2) is 0 Å². The van der Waals surface area contributed by atoms with Crippen LogP contribution in [0, 0.1) is 5.92 Å². The van der Waals surface area contributed by atoms with Crippen LogP contribution in [0.1, 0.15) is 56.3 Å². The number of amides is 1. The van der Waals surface area contributed by atoms with E-state index < -0.39 is 6.10 Å². The number of ether oxygens (including phenoxy) is 3. The van der Waals surface area contributed by atoms with Crippen LogP contribution < -0.4 is 4.74 Å². The Bertz CT molecular complexity index is 753. The number of rotatable bonds is 3. The Hall–Kier alpha value is -2.21. The third-order valence-corrected chi connectivity index (χ3v) is 5.95. The van der Waals surface area contributed by atoms with E-state index in [9.17, 15) is 9.90 Å². The van der Waals surface area contributed by atoms with E-state index in [-0.39, 0.29) is 11.7 Å². The first-order chi connectivity index (χ1) is 13.6. The van der Waals surface area contributed by atoms with Crippen molar-refractivity contribution < 1.29 is 24.1 Å². The van der Waals surface area contributed by atoms with E-state index in [0.717, 1.165) is 29.7 Å². The number of nitrogens with zero attached hydrogens (tertiary/aromatic N) is 1. The second kappa shape index (κ2) is 8.43. The summed E-state index contributed by atoms with van der Waals surface area (Å²) in [6.45, 7) is 3.95. The Morgan fingerprint density at radius 2 is 1.89 bits per heavy atom. The molecule has 2 heterocycles. The van der Waals surface area contributed by atoms with Gasteiger partial charge in [0.25, 0.3) is 5.91 Å². The number of benzene rings is 1. The van der Waals surface area contributed by atoms with E-state index in [1.165, 1.54) is 19.3 Å². The second-order valence-electron chi connectivity index (χ2n) is 7.87. The number of carbonyl (C=O) groups is 1. The van der Waals surface area contributed by atoms with E-state index in [2.05, 4.69) is 0 Å². The molecule has 1 aromatic carbocycles. The summed E-state index contributed by atoms with van der Waals surface area (Å²) < 4.78 is 16.9. The fourth-order valence-corrected chi connectivity index (χ4v) is 4.36. The minimum absolute atomic E-state index is 0.174. The van der Waals surface area contributed by atoms with Gasteiger partial charge in [-0.3, -0.25) is 4.79 Å². The molecule has 1 saturated carbocycles. The van der Waals surface area contributed by atoms with Crippen molar-refractivity contribution in [2.75, 3.05) is 26.4 Å². The van der Waals surface area contributed by atoms with Crippen molar-refractivity contribution in [3.05, 3.63) is 40.8 Å². The van der Waals surface area contributed by atoms with Crippen LogP contribution >= 0.6 is 0 Å². The molecule has 0 saturated heterocycles. The van der Waals surface area contributed by atoms with Gasteiger partial charge in [-0.1, -0.05) is 25.3 Å². The first-order valence-corrected chi connectivity index (χ1v) is 10.3. The third kappa shape index (κ3) is 3.97. The largest absolute Gasteiger partial charge is 0.491 e. The highest BCUT2D eigenvalue weighted by Gasteiger charge is 2.29. The summed E-state index contributed by atoms with van der Waals surface area (Å²) in [5, 5.41) is 10.9. The predicted molar refractivity (Wildman–Crippen MR) is 103 cm³/mol. The minimum Gasteiger partial charge on any atom is -0.491 e. The molecule has 28 heavy (non-hydrogen) atoms. The maximum absolute atomic E-state index is 13.0. The Morgan fingerprint density at radius 1 is 1.11 bits per heavy atom. The van der Waals surface area contributed by atoms with E-state index in [1.54, 1.807) is 11.8 Å².